The van der Waals surface area contributed by atoms with E-state index in [1.807, 2.05) is 52.0 Å². The van der Waals surface area contributed by atoms with Gasteiger partial charge in [-0.25, -0.2) is 9.37 Å². The van der Waals surface area contributed by atoms with Crippen LogP contribution in [0.25, 0.3) is 10.4 Å². The van der Waals surface area contributed by atoms with Crippen LogP contribution >= 0.6 is 23.6 Å². The molecule has 2 aliphatic heterocycles. The highest BCUT2D eigenvalue weighted by Gasteiger charge is 2.53. The van der Waals surface area contributed by atoms with Crippen molar-refractivity contribution in [3.05, 3.63) is 82.2 Å². The zero-order chi connectivity index (χ0) is 48.3. The minimum Gasteiger partial charge on any atom is -0.479 e. The summed E-state index contributed by atoms with van der Waals surface area (Å²) in [5.74, 6) is -3.97. The molecule has 6 rings (SSSR count). The summed E-state index contributed by atoms with van der Waals surface area (Å²) < 4.78 is 73.6. The van der Waals surface area contributed by atoms with Gasteiger partial charge in [0.1, 0.15) is 42.1 Å². The van der Waals surface area contributed by atoms with Crippen molar-refractivity contribution >= 4 is 63.7 Å². The van der Waals surface area contributed by atoms with Crippen molar-refractivity contribution in [1.29, 1.82) is 5.26 Å². The number of alkyl halides is 3. The first kappa shape index (κ1) is 49.2. The van der Waals surface area contributed by atoms with Crippen molar-refractivity contribution < 1.29 is 51.0 Å². The number of methoxy groups -OCH3 is 1. The number of benzene rings is 2. The topological polar surface area (TPSA) is 179 Å². The first-order valence-electron chi connectivity index (χ1n) is 20.7. The molecule has 15 nitrogen and oxygen atoms in total. The van der Waals surface area contributed by atoms with E-state index in [0.29, 0.717) is 24.3 Å². The molecule has 21 heteroatoms. The summed E-state index contributed by atoms with van der Waals surface area (Å²) in [6, 6.07) is 12.0. The number of thiazole rings is 1. The Hall–Kier alpha value is -6.24. The minimum absolute atomic E-state index is 0.0326. The average Bonchev–Trinajstić information content (AvgIpc) is 3.97. The van der Waals surface area contributed by atoms with E-state index in [-0.39, 0.29) is 54.1 Å². The van der Waals surface area contributed by atoms with E-state index < -0.39 is 70.3 Å². The van der Waals surface area contributed by atoms with Gasteiger partial charge in [-0.05, 0) is 80.6 Å². The van der Waals surface area contributed by atoms with Gasteiger partial charge in [0.2, 0.25) is 29.5 Å². The lowest BCUT2D eigenvalue weighted by Gasteiger charge is -2.35. The lowest BCUT2D eigenvalue weighted by atomic mass is 9.85. The molecular weight excluding hydrogens is 905 g/mol. The van der Waals surface area contributed by atoms with Crippen LogP contribution in [0.1, 0.15) is 69.8 Å². The number of halogens is 4. The molecule has 2 aromatic heterocycles. The molecule has 0 saturated carbocycles. The number of amides is 4. The van der Waals surface area contributed by atoms with E-state index in [4.69, 9.17) is 26.4 Å². The number of carbonyl (C=O) groups is 4. The fourth-order valence-corrected chi connectivity index (χ4v) is 9.01. The van der Waals surface area contributed by atoms with Gasteiger partial charge in [0.05, 0.1) is 47.1 Å². The Morgan fingerprint density at radius 3 is 2.38 bits per heavy atom. The highest BCUT2D eigenvalue weighted by Crippen LogP contribution is 2.44. The third kappa shape index (κ3) is 10.2. The van der Waals surface area contributed by atoms with Gasteiger partial charge in [-0.15, -0.1) is 11.3 Å². The van der Waals surface area contributed by atoms with E-state index in [2.05, 4.69) is 20.6 Å². The Morgan fingerprint density at radius 2 is 1.76 bits per heavy atom. The van der Waals surface area contributed by atoms with Crippen molar-refractivity contribution in [2.45, 2.75) is 84.7 Å². The number of thiocarbonyl (C=S) groups is 1. The van der Waals surface area contributed by atoms with E-state index in [9.17, 15) is 37.6 Å². The number of rotatable bonds is 15. The summed E-state index contributed by atoms with van der Waals surface area (Å²) in [6.45, 7) is 10.3. The number of nitrogens with one attached hydrogen (secondary N) is 2. The van der Waals surface area contributed by atoms with Gasteiger partial charge in [-0.3, -0.25) is 29.0 Å². The third-order valence-electron chi connectivity index (χ3n) is 11.1. The summed E-state index contributed by atoms with van der Waals surface area (Å²) in [6.07, 6.45) is -4.13. The quantitative estimate of drug-likeness (QED) is 0.0733. The summed E-state index contributed by atoms with van der Waals surface area (Å²) >= 11 is 7.09. The number of anilines is 2. The maximum atomic E-state index is 15.5. The van der Waals surface area contributed by atoms with Crippen LogP contribution < -0.4 is 29.9 Å². The van der Waals surface area contributed by atoms with Crippen molar-refractivity contribution in [1.82, 2.24) is 25.5 Å². The number of ether oxygens (including phenoxy) is 3. The summed E-state index contributed by atoms with van der Waals surface area (Å²) in [7, 11) is 1.28. The smallest absolute Gasteiger partial charge is 0.420 e. The van der Waals surface area contributed by atoms with Crippen molar-refractivity contribution in [3.8, 4) is 28.3 Å². The Bertz CT molecular complexity index is 2560. The van der Waals surface area contributed by atoms with E-state index in [1.165, 1.54) is 49.0 Å². The molecular formula is C45H48F4N8O7S2. The number of likely N-dealkylation sites (tertiary alicyclic amines) is 1. The highest BCUT2D eigenvalue weighted by atomic mass is 32.1. The van der Waals surface area contributed by atoms with Crippen LogP contribution in [0.4, 0.5) is 28.9 Å². The lowest BCUT2D eigenvalue weighted by molar-refractivity contribution is -0.144. The van der Waals surface area contributed by atoms with E-state index >= 15 is 4.39 Å². The van der Waals surface area contributed by atoms with Gasteiger partial charge in [0.25, 0.3) is 5.91 Å². The van der Waals surface area contributed by atoms with Gasteiger partial charge in [0, 0.05) is 19.2 Å². The molecule has 2 aliphatic rings. The van der Waals surface area contributed by atoms with Gasteiger partial charge < -0.3 is 29.7 Å². The van der Waals surface area contributed by atoms with Crippen LogP contribution in [0.3, 0.4) is 0 Å². The Labute approximate surface area is 388 Å². The molecule has 350 valence electrons. The maximum absolute atomic E-state index is 15.5. The van der Waals surface area contributed by atoms with E-state index in [0.717, 1.165) is 33.8 Å². The number of pyridine rings is 1. The Kier molecular flexibility index (Phi) is 14.7. The van der Waals surface area contributed by atoms with Crippen LogP contribution in [0.15, 0.2) is 54.0 Å². The van der Waals surface area contributed by atoms with Crippen LogP contribution in [0, 0.1) is 29.5 Å². The van der Waals surface area contributed by atoms with Crippen LogP contribution in [0.5, 0.6) is 11.8 Å². The normalized spacial score (nSPS) is 16.6. The van der Waals surface area contributed by atoms with Crippen LogP contribution in [-0.4, -0.2) is 94.7 Å². The fourth-order valence-electron chi connectivity index (χ4n) is 7.69. The molecule has 2 aromatic carbocycles. The first-order chi connectivity index (χ1) is 31.1. The predicted octanol–water partition coefficient (Wildman–Crippen LogP) is 6.70. The second-order valence-corrected chi connectivity index (χ2v) is 18.3. The second kappa shape index (κ2) is 19.7. The van der Waals surface area contributed by atoms with Crippen LogP contribution in [0.2, 0.25) is 0 Å². The first-order valence-corrected chi connectivity index (χ1v) is 22.0. The van der Waals surface area contributed by atoms with Crippen molar-refractivity contribution in [2.24, 2.45) is 5.41 Å². The zero-order valence-corrected chi connectivity index (χ0v) is 38.8. The lowest BCUT2D eigenvalue weighted by Crippen LogP contribution is -2.58. The van der Waals surface area contributed by atoms with Crippen LogP contribution in [-0.2, 0) is 36.6 Å². The fraction of sp³-hybridized carbons (Fsp3) is 0.422. The molecule has 4 amide bonds. The third-order valence-corrected chi connectivity index (χ3v) is 12.4. The van der Waals surface area contributed by atoms with Gasteiger partial charge in [0.15, 0.2) is 10.9 Å². The molecule has 0 spiro atoms. The number of nitrogens with zero attached hydrogens (tertiary/aromatic N) is 6. The number of aromatic nitrogens is 2. The number of aryl methyl sites for hydroxylation is 1. The van der Waals surface area contributed by atoms with Gasteiger partial charge in [-0.1, -0.05) is 45.0 Å². The Morgan fingerprint density at radius 1 is 1.06 bits per heavy atom. The predicted molar refractivity (Wildman–Crippen MR) is 240 cm³/mol. The van der Waals surface area contributed by atoms with Crippen molar-refractivity contribution in [3.63, 3.8) is 0 Å². The number of carbonyl (C=O) groups excluding carboxylic acids is 4. The minimum atomic E-state index is -5.24. The zero-order valence-electron chi connectivity index (χ0n) is 37.2. The SMILES string of the molecule is COc1nc(OCCOCC(=O)NC(C(=O)N2CCCC2C(=O)NCc2ccc(-c3scnc3C)cc2)C(C)(C)C)ccc1N1C(=S)N(c2ccc(C#N)c(C(F)(F)F)c2F)C(=O)C1(C)C. The molecule has 0 bridgehead atoms. The number of nitriles is 1. The maximum Gasteiger partial charge on any atom is 0.420 e. The van der Waals surface area contributed by atoms with Gasteiger partial charge >= 0.3 is 6.18 Å². The molecule has 2 unspecified atom stereocenters. The number of hydrogen-bond acceptors (Lipinski definition) is 12. The molecule has 66 heavy (non-hydrogen) atoms. The molecule has 0 radical (unpaired) electrons. The summed E-state index contributed by atoms with van der Waals surface area (Å²) in [4.78, 5) is 67.3. The molecule has 0 aliphatic carbocycles. The van der Waals surface area contributed by atoms with Crippen molar-refractivity contribution in [2.75, 3.05) is 43.3 Å². The number of hydrogen-bond donors (Lipinski definition) is 2. The second-order valence-electron chi connectivity index (χ2n) is 17.1. The van der Waals surface area contributed by atoms with Gasteiger partial charge in [-0.2, -0.15) is 23.4 Å². The monoisotopic (exact) mass is 952 g/mol. The average molecular weight is 953 g/mol. The largest absolute Gasteiger partial charge is 0.479 e. The highest BCUT2D eigenvalue weighted by molar-refractivity contribution is 7.81. The molecule has 2 N–H and O–H groups in total. The molecule has 2 saturated heterocycles. The molecule has 4 aromatic rings. The molecule has 4 heterocycles. The molecule has 2 fully saturated rings. The Balaban J connectivity index is 1.02. The summed E-state index contributed by atoms with van der Waals surface area (Å²) in [5, 5.41) is 14.6. The molecule has 2 atom stereocenters. The summed E-state index contributed by atoms with van der Waals surface area (Å²) in [5.41, 5.74) is -1.04. The standard InChI is InChI=1S/C45H48F4N8O7S2/c1-25-36(66-24-52-25)27-12-10-26(11-13-27)22-51-38(59)30-9-8-18-55(30)40(60)37(43(2,3)4)53-32(58)23-63-19-20-64-33-17-16-31(39(54-33)62-7)57-42(65)56(41(61)44(57,5)6)29-15-14-28(21-50)34(35(29)46)45(47,48)49/h10-17,24,30,37H,8-9,18-20,22-23H2,1-7H3,(H,51,59)(H,53,58). The van der Waals surface area contributed by atoms with E-state index in [1.54, 1.807) is 16.8 Å².